The molecule has 0 saturated heterocycles. The Hall–Kier alpha value is -0.840. The number of methoxy groups -OCH3 is 1. The second-order valence-electron chi connectivity index (χ2n) is 4.67. The number of likely N-dealkylation sites (N-methyl/N-ethyl adjacent to an activating group) is 1. The second-order valence-corrected chi connectivity index (χ2v) is 4.67. The fourth-order valence-electron chi connectivity index (χ4n) is 1.68. The Kier molecular flexibility index (Phi) is 6.26. The average Bonchev–Trinajstić information content (AvgIpc) is 2.76. The average molecular weight is 240 g/mol. The van der Waals surface area contributed by atoms with Gasteiger partial charge in [-0.25, -0.2) is 0 Å². The van der Waals surface area contributed by atoms with Crippen LogP contribution in [0.25, 0.3) is 0 Å². The lowest BCUT2D eigenvalue weighted by molar-refractivity contribution is 0.0961. The van der Waals surface area contributed by atoms with Crippen molar-refractivity contribution in [3.63, 3.8) is 0 Å². The fraction of sp³-hybridized carbons (Fsp3) is 0.692. The summed E-state index contributed by atoms with van der Waals surface area (Å²) in [5.41, 5.74) is 0. The molecule has 1 atom stereocenters. The van der Waals surface area contributed by atoms with Crippen molar-refractivity contribution in [3.05, 3.63) is 24.2 Å². The summed E-state index contributed by atoms with van der Waals surface area (Å²) in [5, 5.41) is 3.44. The monoisotopic (exact) mass is 240 g/mol. The van der Waals surface area contributed by atoms with Crippen LogP contribution in [0.3, 0.4) is 0 Å². The molecule has 1 aromatic heterocycles. The fourth-order valence-corrected chi connectivity index (χ4v) is 1.68. The topological polar surface area (TPSA) is 37.6 Å². The minimum atomic E-state index is 0.354. The van der Waals surface area contributed by atoms with Gasteiger partial charge in [0.05, 0.1) is 19.4 Å². The molecular formula is C13H24N2O2. The Labute approximate surface area is 104 Å². The van der Waals surface area contributed by atoms with Gasteiger partial charge in [0.25, 0.3) is 0 Å². The van der Waals surface area contributed by atoms with Crippen LogP contribution in [0.2, 0.25) is 0 Å². The Morgan fingerprint density at radius 2 is 2.24 bits per heavy atom. The van der Waals surface area contributed by atoms with Crippen molar-refractivity contribution in [1.82, 2.24) is 10.2 Å². The van der Waals surface area contributed by atoms with Crippen LogP contribution in [0.5, 0.6) is 0 Å². The summed E-state index contributed by atoms with van der Waals surface area (Å²) in [6.07, 6.45) is 1.71. The summed E-state index contributed by atoms with van der Waals surface area (Å²) >= 11 is 0. The molecule has 0 aliphatic heterocycles. The van der Waals surface area contributed by atoms with E-state index in [9.17, 15) is 0 Å². The molecule has 1 heterocycles. The molecule has 1 unspecified atom stereocenters. The van der Waals surface area contributed by atoms with E-state index in [1.807, 2.05) is 12.1 Å². The quantitative estimate of drug-likeness (QED) is 0.751. The molecule has 1 aromatic rings. The summed E-state index contributed by atoms with van der Waals surface area (Å²) in [6, 6.07) is 4.76. The van der Waals surface area contributed by atoms with E-state index in [4.69, 9.17) is 9.15 Å². The summed E-state index contributed by atoms with van der Waals surface area (Å²) < 4.78 is 10.6. The Balaban J connectivity index is 2.44. The molecule has 0 spiro atoms. The van der Waals surface area contributed by atoms with Gasteiger partial charge in [-0.3, -0.25) is 4.90 Å². The number of hydrogen-bond donors (Lipinski definition) is 1. The number of nitrogens with zero attached hydrogens (tertiary/aromatic N) is 1. The van der Waals surface area contributed by atoms with E-state index < -0.39 is 0 Å². The minimum Gasteiger partial charge on any atom is -0.468 e. The van der Waals surface area contributed by atoms with Crippen LogP contribution in [-0.2, 0) is 11.3 Å². The first-order chi connectivity index (χ1) is 8.13. The molecule has 4 heteroatoms. The number of furan rings is 1. The summed E-state index contributed by atoms with van der Waals surface area (Å²) in [4.78, 5) is 2.25. The first-order valence-electron chi connectivity index (χ1n) is 6.08. The molecule has 17 heavy (non-hydrogen) atoms. The van der Waals surface area contributed by atoms with Crippen molar-refractivity contribution in [1.29, 1.82) is 0 Å². The molecule has 0 aliphatic rings. The zero-order valence-electron chi connectivity index (χ0n) is 11.3. The van der Waals surface area contributed by atoms with Crippen LogP contribution >= 0.6 is 0 Å². The molecule has 0 aromatic carbocycles. The smallest absolute Gasteiger partial charge is 0.117 e. The van der Waals surface area contributed by atoms with E-state index in [0.29, 0.717) is 12.1 Å². The highest BCUT2D eigenvalue weighted by Gasteiger charge is 2.15. The van der Waals surface area contributed by atoms with Gasteiger partial charge < -0.3 is 14.5 Å². The van der Waals surface area contributed by atoms with Crippen molar-refractivity contribution in [2.75, 3.05) is 27.3 Å². The summed E-state index contributed by atoms with van der Waals surface area (Å²) in [6.45, 7) is 6.74. The number of hydrogen-bond acceptors (Lipinski definition) is 4. The van der Waals surface area contributed by atoms with Crippen LogP contribution in [0.1, 0.15) is 19.6 Å². The minimum absolute atomic E-state index is 0.354. The highest BCUT2D eigenvalue weighted by molar-refractivity contribution is 4.98. The van der Waals surface area contributed by atoms with Crippen molar-refractivity contribution in [3.8, 4) is 0 Å². The standard InChI is InChI=1S/C13H24N2O2/c1-11(2)14-8-12(10-16-4)15(3)9-13-6-5-7-17-13/h5-7,11-12,14H,8-10H2,1-4H3. The maximum absolute atomic E-state index is 5.36. The van der Waals surface area contributed by atoms with Gasteiger partial charge in [-0.15, -0.1) is 0 Å². The highest BCUT2D eigenvalue weighted by atomic mass is 16.5. The largest absolute Gasteiger partial charge is 0.468 e. The SMILES string of the molecule is COCC(CNC(C)C)N(C)Cc1ccco1. The molecule has 0 aliphatic carbocycles. The van der Waals surface area contributed by atoms with Crippen molar-refractivity contribution in [2.45, 2.75) is 32.5 Å². The predicted molar refractivity (Wildman–Crippen MR) is 69.0 cm³/mol. The normalized spacial score (nSPS) is 13.5. The van der Waals surface area contributed by atoms with Gasteiger partial charge in [0, 0.05) is 25.7 Å². The third kappa shape index (κ3) is 5.35. The lowest BCUT2D eigenvalue weighted by Crippen LogP contribution is -2.44. The molecular weight excluding hydrogens is 216 g/mol. The van der Waals surface area contributed by atoms with Crippen molar-refractivity contribution < 1.29 is 9.15 Å². The Morgan fingerprint density at radius 1 is 1.47 bits per heavy atom. The lowest BCUT2D eigenvalue weighted by atomic mass is 10.2. The van der Waals surface area contributed by atoms with Gasteiger partial charge >= 0.3 is 0 Å². The van der Waals surface area contributed by atoms with Crippen molar-refractivity contribution >= 4 is 0 Å². The van der Waals surface area contributed by atoms with E-state index in [1.54, 1.807) is 13.4 Å². The number of nitrogens with one attached hydrogen (secondary N) is 1. The van der Waals surface area contributed by atoms with E-state index >= 15 is 0 Å². The zero-order chi connectivity index (χ0) is 12.7. The second kappa shape index (κ2) is 7.48. The molecule has 4 nitrogen and oxygen atoms in total. The van der Waals surface area contributed by atoms with Crippen LogP contribution in [0.4, 0.5) is 0 Å². The van der Waals surface area contributed by atoms with E-state index in [2.05, 4.69) is 31.1 Å². The van der Waals surface area contributed by atoms with Gasteiger partial charge in [0.15, 0.2) is 0 Å². The highest BCUT2D eigenvalue weighted by Crippen LogP contribution is 2.07. The first-order valence-corrected chi connectivity index (χ1v) is 6.08. The van der Waals surface area contributed by atoms with Gasteiger partial charge in [-0.1, -0.05) is 13.8 Å². The Bertz CT molecular complexity index is 286. The molecule has 1 rings (SSSR count). The zero-order valence-corrected chi connectivity index (χ0v) is 11.3. The molecule has 0 radical (unpaired) electrons. The molecule has 0 saturated carbocycles. The Morgan fingerprint density at radius 3 is 2.76 bits per heavy atom. The maximum Gasteiger partial charge on any atom is 0.117 e. The van der Waals surface area contributed by atoms with E-state index in [0.717, 1.165) is 25.5 Å². The maximum atomic E-state index is 5.36. The van der Waals surface area contributed by atoms with Crippen LogP contribution in [0, 0.1) is 0 Å². The van der Waals surface area contributed by atoms with Crippen molar-refractivity contribution in [2.24, 2.45) is 0 Å². The molecule has 0 fully saturated rings. The summed E-state index contributed by atoms with van der Waals surface area (Å²) in [7, 11) is 3.83. The molecule has 1 N–H and O–H groups in total. The van der Waals surface area contributed by atoms with E-state index in [1.165, 1.54) is 0 Å². The molecule has 98 valence electrons. The van der Waals surface area contributed by atoms with Crippen LogP contribution in [-0.4, -0.2) is 44.3 Å². The van der Waals surface area contributed by atoms with Gasteiger partial charge in [0.1, 0.15) is 5.76 Å². The van der Waals surface area contributed by atoms with Gasteiger partial charge in [-0.2, -0.15) is 0 Å². The predicted octanol–water partition coefficient (Wildman–Crippen LogP) is 1.72. The van der Waals surface area contributed by atoms with Crippen LogP contribution < -0.4 is 5.32 Å². The number of ether oxygens (including phenoxy) is 1. The van der Waals surface area contributed by atoms with E-state index in [-0.39, 0.29) is 0 Å². The van der Waals surface area contributed by atoms with Gasteiger partial charge in [-0.05, 0) is 19.2 Å². The molecule has 0 amide bonds. The molecule has 0 bridgehead atoms. The van der Waals surface area contributed by atoms with Crippen LogP contribution in [0.15, 0.2) is 22.8 Å². The lowest BCUT2D eigenvalue weighted by Gasteiger charge is -2.27. The summed E-state index contributed by atoms with van der Waals surface area (Å²) in [5.74, 6) is 0.984. The number of rotatable bonds is 8. The third-order valence-electron chi connectivity index (χ3n) is 2.73. The third-order valence-corrected chi connectivity index (χ3v) is 2.73. The van der Waals surface area contributed by atoms with Gasteiger partial charge in [0.2, 0.25) is 0 Å². The first kappa shape index (κ1) is 14.2.